The Balaban J connectivity index is 2.00. The van der Waals surface area contributed by atoms with Crippen molar-refractivity contribution in [2.24, 2.45) is 0 Å². The van der Waals surface area contributed by atoms with Crippen LogP contribution in [0.3, 0.4) is 0 Å². The molecule has 1 heterocycles. The van der Waals surface area contributed by atoms with Gasteiger partial charge in [-0.1, -0.05) is 64.7 Å². The van der Waals surface area contributed by atoms with Gasteiger partial charge < -0.3 is 19.5 Å². The molecule has 0 unspecified atom stereocenters. The molecule has 7 nitrogen and oxygen atoms in total. The summed E-state index contributed by atoms with van der Waals surface area (Å²) < 4.78 is 15.1. The molecule has 0 aromatic carbocycles. The summed E-state index contributed by atoms with van der Waals surface area (Å²) in [6.45, 7) is 2.36. The highest BCUT2D eigenvalue weighted by atomic mass is 16.6. The normalized spacial score (nSPS) is 10.4. The Morgan fingerprint density at radius 3 is 2.29 bits per heavy atom. The van der Waals surface area contributed by atoms with E-state index >= 15 is 0 Å². The van der Waals surface area contributed by atoms with Crippen LogP contribution in [-0.4, -0.2) is 37.3 Å². The largest absolute Gasteiger partial charge is 0.491 e. The Morgan fingerprint density at radius 1 is 1.00 bits per heavy atom. The van der Waals surface area contributed by atoms with E-state index in [-0.39, 0.29) is 12.4 Å². The maximum atomic E-state index is 11.7. The maximum Gasteiger partial charge on any atom is 0.414 e. The van der Waals surface area contributed by atoms with Gasteiger partial charge in [0.25, 0.3) is 5.88 Å². The number of unbranched alkanes of at least 4 members (excludes halogenated alkanes) is 9. The molecule has 0 spiro atoms. The number of nitrogens with one attached hydrogen (secondary N) is 1. The van der Waals surface area contributed by atoms with Crippen molar-refractivity contribution in [1.82, 2.24) is 10.3 Å². The lowest BCUT2D eigenvalue weighted by Crippen LogP contribution is -2.33. The van der Waals surface area contributed by atoms with Gasteiger partial charge in [-0.05, 0) is 18.6 Å². The van der Waals surface area contributed by atoms with E-state index in [2.05, 4.69) is 17.2 Å². The lowest BCUT2D eigenvalue weighted by atomic mass is 10.1. The zero-order valence-corrected chi connectivity index (χ0v) is 17.2. The minimum atomic E-state index is -0.784. The molecule has 1 rings (SSSR count). The fraction of sp³-hybridized carbons (Fsp3) is 0.667. The van der Waals surface area contributed by atoms with Gasteiger partial charge in [0.2, 0.25) is 0 Å². The summed E-state index contributed by atoms with van der Waals surface area (Å²) in [6.07, 6.45) is 12.9. The monoisotopic (exact) mass is 394 g/mol. The second-order valence-corrected chi connectivity index (χ2v) is 6.66. The summed E-state index contributed by atoms with van der Waals surface area (Å²) in [5.74, 6) is -0.108. The van der Waals surface area contributed by atoms with Crippen molar-refractivity contribution in [1.29, 1.82) is 0 Å². The van der Waals surface area contributed by atoms with E-state index in [9.17, 15) is 9.59 Å². The number of methoxy groups -OCH3 is 1. The Labute approximate surface area is 168 Å². The van der Waals surface area contributed by atoms with Crippen molar-refractivity contribution in [3.8, 4) is 11.6 Å². The van der Waals surface area contributed by atoms with Gasteiger partial charge in [-0.2, -0.15) is 0 Å². The Hall–Kier alpha value is -2.31. The third-order valence-electron chi connectivity index (χ3n) is 4.28. The van der Waals surface area contributed by atoms with Gasteiger partial charge >= 0.3 is 12.1 Å². The van der Waals surface area contributed by atoms with Crippen molar-refractivity contribution in [2.75, 3.05) is 20.3 Å². The molecule has 0 atom stereocenters. The zero-order chi connectivity index (χ0) is 20.5. The van der Waals surface area contributed by atoms with E-state index in [1.165, 1.54) is 64.7 Å². The predicted octanol–water partition coefficient (Wildman–Crippen LogP) is 4.64. The van der Waals surface area contributed by atoms with Crippen LogP contribution < -0.4 is 14.8 Å². The Morgan fingerprint density at radius 2 is 1.64 bits per heavy atom. The topological polar surface area (TPSA) is 86.8 Å². The van der Waals surface area contributed by atoms with Crippen LogP contribution in [0.25, 0.3) is 0 Å². The molecule has 0 radical (unpaired) electrons. The summed E-state index contributed by atoms with van der Waals surface area (Å²) >= 11 is 0. The van der Waals surface area contributed by atoms with Crippen LogP contribution in [0.4, 0.5) is 4.79 Å². The zero-order valence-electron chi connectivity index (χ0n) is 17.2. The second kappa shape index (κ2) is 15.7. The number of nitrogens with zero attached hydrogens (tertiary/aromatic N) is 1. The fourth-order valence-electron chi connectivity index (χ4n) is 2.70. The molecule has 0 aliphatic heterocycles. The molecule has 0 fully saturated rings. The number of aromatic nitrogens is 1. The standard InChI is InChI=1S/C21H34N2O5/c1-3-4-5-6-7-8-9-10-11-12-16-27-19(24)17-23-21(25)28-20-18(26-2)14-13-15-22-20/h13-15H,3-12,16-17H2,1-2H3,(H,23,25). The second-order valence-electron chi connectivity index (χ2n) is 6.66. The number of rotatable bonds is 15. The molecule has 0 aliphatic rings. The first-order valence-electron chi connectivity index (χ1n) is 10.3. The van der Waals surface area contributed by atoms with Gasteiger partial charge in [-0.15, -0.1) is 0 Å². The molecule has 0 saturated heterocycles. The van der Waals surface area contributed by atoms with E-state index in [1.54, 1.807) is 12.1 Å². The molecular formula is C21H34N2O5. The number of carbonyl (C=O) groups excluding carboxylic acids is 2. The number of hydrogen-bond acceptors (Lipinski definition) is 6. The van der Waals surface area contributed by atoms with Crippen molar-refractivity contribution in [2.45, 2.75) is 71.1 Å². The summed E-state index contributed by atoms with van der Waals surface area (Å²) in [5, 5.41) is 2.34. The number of amides is 1. The number of carbonyl (C=O) groups is 2. The molecule has 0 saturated carbocycles. The maximum absolute atomic E-state index is 11.7. The molecule has 1 amide bonds. The van der Waals surface area contributed by atoms with E-state index in [4.69, 9.17) is 14.2 Å². The molecule has 158 valence electrons. The van der Waals surface area contributed by atoms with Gasteiger partial charge in [0.05, 0.1) is 13.7 Å². The number of hydrogen-bond donors (Lipinski definition) is 1. The van der Waals surface area contributed by atoms with Crippen LogP contribution >= 0.6 is 0 Å². The van der Waals surface area contributed by atoms with E-state index in [0.29, 0.717) is 12.4 Å². The first-order chi connectivity index (χ1) is 13.7. The highest BCUT2D eigenvalue weighted by Crippen LogP contribution is 2.22. The first kappa shape index (κ1) is 23.7. The smallest absolute Gasteiger partial charge is 0.414 e. The van der Waals surface area contributed by atoms with E-state index in [0.717, 1.165) is 12.8 Å². The SMILES string of the molecule is CCCCCCCCCCCCOC(=O)CNC(=O)Oc1ncccc1OC. The molecule has 1 N–H and O–H groups in total. The van der Waals surface area contributed by atoms with E-state index in [1.807, 2.05) is 0 Å². The lowest BCUT2D eigenvalue weighted by Gasteiger charge is -2.09. The van der Waals surface area contributed by atoms with Gasteiger partial charge in [-0.3, -0.25) is 4.79 Å². The molecule has 1 aromatic heterocycles. The summed E-state index contributed by atoms with van der Waals surface area (Å²) in [7, 11) is 1.45. The minimum absolute atomic E-state index is 0.0428. The van der Waals surface area contributed by atoms with Gasteiger partial charge in [0.1, 0.15) is 6.54 Å². The summed E-state index contributed by atoms with van der Waals surface area (Å²) in [6, 6.07) is 3.28. The van der Waals surface area contributed by atoms with Gasteiger partial charge in [0.15, 0.2) is 5.75 Å². The predicted molar refractivity (Wildman–Crippen MR) is 108 cm³/mol. The fourth-order valence-corrected chi connectivity index (χ4v) is 2.70. The minimum Gasteiger partial charge on any atom is -0.491 e. The number of ether oxygens (including phenoxy) is 3. The molecule has 0 aliphatic carbocycles. The highest BCUT2D eigenvalue weighted by Gasteiger charge is 2.12. The van der Waals surface area contributed by atoms with Crippen molar-refractivity contribution < 1.29 is 23.8 Å². The van der Waals surface area contributed by atoms with Crippen LogP contribution in [0, 0.1) is 0 Å². The average molecular weight is 395 g/mol. The van der Waals surface area contributed by atoms with E-state index < -0.39 is 12.1 Å². The van der Waals surface area contributed by atoms with Crippen LogP contribution in [0.5, 0.6) is 11.6 Å². The average Bonchev–Trinajstić information content (AvgIpc) is 2.71. The Bertz CT molecular complexity index is 565. The van der Waals surface area contributed by atoms with Gasteiger partial charge in [-0.25, -0.2) is 9.78 Å². The highest BCUT2D eigenvalue weighted by molar-refractivity contribution is 5.78. The van der Waals surface area contributed by atoms with Crippen molar-refractivity contribution in [3.63, 3.8) is 0 Å². The van der Waals surface area contributed by atoms with Crippen LogP contribution in [0.1, 0.15) is 71.1 Å². The molecule has 1 aromatic rings. The molecule has 7 heteroatoms. The molecule has 0 bridgehead atoms. The molecule has 28 heavy (non-hydrogen) atoms. The lowest BCUT2D eigenvalue weighted by molar-refractivity contribution is -0.142. The first-order valence-corrected chi connectivity index (χ1v) is 10.3. The third-order valence-corrected chi connectivity index (χ3v) is 4.28. The van der Waals surface area contributed by atoms with Gasteiger partial charge in [0, 0.05) is 6.20 Å². The van der Waals surface area contributed by atoms with Crippen LogP contribution in [-0.2, 0) is 9.53 Å². The van der Waals surface area contributed by atoms with Crippen LogP contribution in [0.15, 0.2) is 18.3 Å². The number of esters is 1. The third kappa shape index (κ3) is 11.4. The Kier molecular flexibility index (Phi) is 13.3. The van der Waals surface area contributed by atoms with Crippen LogP contribution in [0.2, 0.25) is 0 Å². The number of pyridine rings is 1. The summed E-state index contributed by atoms with van der Waals surface area (Å²) in [4.78, 5) is 27.3. The summed E-state index contributed by atoms with van der Waals surface area (Å²) in [5.41, 5.74) is 0. The quantitative estimate of drug-likeness (QED) is 0.344. The molecular weight excluding hydrogens is 360 g/mol. The van der Waals surface area contributed by atoms with Crippen molar-refractivity contribution in [3.05, 3.63) is 18.3 Å². The van der Waals surface area contributed by atoms with Crippen molar-refractivity contribution >= 4 is 12.1 Å².